The molecule has 1 N–H and O–H groups in total. The largest absolute Gasteiger partial charge is 0.497 e. The summed E-state index contributed by atoms with van der Waals surface area (Å²) in [6.07, 6.45) is 0. The monoisotopic (exact) mass is 309 g/mol. The van der Waals surface area contributed by atoms with Crippen LogP contribution in [0.3, 0.4) is 0 Å². The fourth-order valence-corrected chi connectivity index (χ4v) is 1.89. The van der Waals surface area contributed by atoms with E-state index in [1.54, 1.807) is 13.2 Å². The Morgan fingerprint density at radius 3 is 2.40 bits per heavy atom. The molecule has 0 spiro atoms. The number of rotatable bonds is 4. The lowest BCUT2D eigenvalue weighted by atomic mass is 10.0. The zero-order chi connectivity index (χ0) is 14.5. The van der Waals surface area contributed by atoms with Crippen LogP contribution in [0, 0.1) is 0 Å². The van der Waals surface area contributed by atoms with Crippen molar-refractivity contribution in [3.8, 4) is 16.9 Å². The maximum absolute atomic E-state index is 11.5. The van der Waals surface area contributed by atoms with Gasteiger partial charge in [-0.15, -0.1) is 0 Å². The number of carbonyl (C=O) groups excluding carboxylic acids is 1. The summed E-state index contributed by atoms with van der Waals surface area (Å²) < 4.78 is 5.20. The highest BCUT2D eigenvalue weighted by Gasteiger charge is 2.11. The first-order valence-electron chi connectivity index (χ1n) is 5.93. The van der Waals surface area contributed by atoms with Crippen molar-refractivity contribution in [1.29, 1.82) is 0 Å². The minimum absolute atomic E-state index is 0.448. The molecule has 0 atom stereocenters. The molecule has 0 bridgehead atoms. The summed E-state index contributed by atoms with van der Waals surface area (Å²) in [7, 11) is 1.62. The molecule has 0 saturated carbocycles. The number of hydrogen-bond donors (Lipinski definition) is 1. The number of amides is 1. The Bertz CT molecular complexity index is 614. The highest BCUT2D eigenvalue weighted by Crippen LogP contribution is 2.26. The van der Waals surface area contributed by atoms with Gasteiger partial charge in [-0.3, -0.25) is 4.79 Å². The molecule has 0 radical (unpaired) electrons. The summed E-state index contributed by atoms with van der Waals surface area (Å²) in [4.78, 5) is 10.4. The molecule has 0 aromatic heterocycles. The third-order valence-electron chi connectivity index (χ3n) is 2.73. The molecule has 0 aliphatic rings. The Morgan fingerprint density at radius 2 is 1.75 bits per heavy atom. The minimum atomic E-state index is -1.09. The Hall–Kier alpha value is -1.71. The smallest absolute Gasteiger partial charge is 0.257 e. The third-order valence-corrected chi connectivity index (χ3v) is 3.13. The van der Waals surface area contributed by atoms with Crippen molar-refractivity contribution in [3.05, 3.63) is 48.5 Å². The van der Waals surface area contributed by atoms with Crippen molar-refractivity contribution in [2.75, 3.05) is 12.4 Å². The number of halogens is 2. The number of alkyl halides is 2. The van der Waals surface area contributed by atoms with Gasteiger partial charge < -0.3 is 10.1 Å². The molecule has 2 aromatic rings. The molecule has 0 heterocycles. The van der Waals surface area contributed by atoms with E-state index in [4.69, 9.17) is 27.9 Å². The van der Waals surface area contributed by atoms with Gasteiger partial charge in [0.05, 0.1) is 7.11 Å². The topological polar surface area (TPSA) is 38.3 Å². The average molecular weight is 310 g/mol. The van der Waals surface area contributed by atoms with E-state index in [1.165, 1.54) is 0 Å². The normalized spacial score (nSPS) is 10.4. The molecule has 20 heavy (non-hydrogen) atoms. The quantitative estimate of drug-likeness (QED) is 0.863. The van der Waals surface area contributed by atoms with E-state index in [0.29, 0.717) is 5.69 Å². The fourth-order valence-electron chi connectivity index (χ4n) is 1.78. The van der Waals surface area contributed by atoms with E-state index >= 15 is 0 Å². The molecule has 3 nitrogen and oxygen atoms in total. The van der Waals surface area contributed by atoms with Crippen LogP contribution >= 0.6 is 23.2 Å². The van der Waals surface area contributed by atoms with Gasteiger partial charge in [0.2, 0.25) is 0 Å². The van der Waals surface area contributed by atoms with Gasteiger partial charge in [0.1, 0.15) is 5.75 Å². The van der Waals surface area contributed by atoms with Crippen LogP contribution in [0.4, 0.5) is 5.69 Å². The van der Waals surface area contributed by atoms with Crippen molar-refractivity contribution in [3.63, 3.8) is 0 Å². The lowest BCUT2D eigenvalue weighted by molar-refractivity contribution is -0.114. The zero-order valence-electron chi connectivity index (χ0n) is 10.8. The first kappa shape index (κ1) is 14.7. The van der Waals surface area contributed by atoms with E-state index in [-0.39, 0.29) is 0 Å². The van der Waals surface area contributed by atoms with Crippen molar-refractivity contribution in [1.82, 2.24) is 0 Å². The van der Waals surface area contributed by atoms with Gasteiger partial charge >= 0.3 is 0 Å². The van der Waals surface area contributed by atoms with E-state index in [0.717, 1.165) is 16.9 Å². The Kier molecular flexibility index (Phi) is 4.88. The molecule has 0 fully saturated rings. The fraction of sp³-hybridized carbons (Fsp3) is 0.133. The van der Waals surface area contributed by atoms with E-state index < -0.39 is 10.7 Å². The summed E-state index contributed by atoms with van der Waals surface area (Å²) in [6.45, 7) is 0. The lowest BCUT2D eigenvalue weighted by Crippen LogP contribution is -2.18. The molecule has 2 aromatic carbocycles. The number of benzene rings is 2. The van der Waals surface area contributed by atoms with Gasteiger partial charge in [-0.1, -0.05) is 47.5 Å². The number of nitrogens with one attached hydrogen (secondary N) is 1. The summed E-state index contributed by atoms with van der Waals surface area (Å²) in [6, 6.07) is 15.1. The maximum Gasteiger partial charge on any atom is 0.257 e. The molecule has 0 aliphatic heterocycles. The van der Waals surface area contributed by atoms with Crippen molar-refractivity contribution >= 4 is 34.8 Å². The first-order chi connectivity index (χ1) is 9.60. The van der Waals surface area contributed by atoms with Crippen molar-refractivity contribution < 1.29 is 9.53 Å². The number of ether oxygens (including phenoxy) is 1. The zero-order valence-corrected chi connectivity index (χ0v) is 12.3. The van der Waals surface area contributed by atoms with Gasteiger partial charge in [-0.05, 0) is 35.4 Å². The number of anilines is 1. The van der Waals surface area contributed by atoms with E-state index in [1.807, 2.05) is 42.5 Å². The second kappa shape index (κ2) is 6.64. The second-order valence-corrected chi connectivity index (χ2v) is 5.20. The molecular weight excluding hydrogens is 297 g/mol. The maximum atomic E-state index is 11.5. The summed E-state index contributed by atoms with van der Waals surface area (Å²) >= 11 is 11.0. The molecular formula is C15H13Cl2NO2. The molecule has 1 amide bonds. The van der Waals surface area contributed by atoms with E-state index in [9.17, 15) is 4.79 Å². The van der Waals surface area contributed by atoms with Crippen LogP contribution < -0.4 is 10.1 Å². The first-order valence-corrected chi connectivity index (χ1v) is 6.81. The highest BCUT2D eigenvalue weighted by atomic mass is 35.5. The van der Waals surface area contributed by atoms with Crippen molar-refractivity contribution in [2.45, 2.75) is 4.84 Å². The summed E-state index contributed by atoms with van der Waals surface area (Å²) in [5, 5.41) is 2.65. The molecule has 0 aliphatic carbocycles. The van der Waals surface area contributed by atoms with Gasteiger partial charge in [0.25, 0.3) is 5.91 Å². The van der Waals surface area contributed by atoms with Crippen LogP contribution in [-0.2, 0) is 4.79 Å². The average Bonchev–Trinajstić information content (AvgIpc) is 2.47. The second-order valence-electron chi connectivity index (χ2n) is 4.10. The standard InChI is InChI=1S/C15H13Cl2NO2/c1-20-13-7-3-5-11(9-13)10-4-2-6-12(8-10)18-15(19)14(16)17/h2-9,14H,1H3,(H,18,19). The van der Waals surface area contributed by atoms with Gasteiger partial charge in [0.15, 0.2) is 4.84 Å². The van der Waals surface area contributed by atoms with Crippen molar-refractivity contribution in [2.24, 2.45) is 0 Å². The Labute approximate surface area is 127 Å². The molecule has 0 saturated heterocycles. The SMILES string of the molecule is COc1cccc(-c2cccc(NC(=O)C(Cl)Cl)c2)c1. The van der Waals surface area contributed by atoms with Crippen LogP contribution in [0.25, 0.3) is 11.1 Å². The summed E-state index contributed by atoms with van der Waals surface area (Å²) in [5.74, 6) is 0.328. The number of carbonyl (C=O) groups is 1. The molecule has 0 unspecified atom stereocenters. The molecule has 5 heteroatoms. The van der Waals surface area contributed by atoms with Gasteiger partial charge in [-0.2, -0.15) is 0 Å². The van der Waals surface area contributed by atoms with Crippen LogP contribution in [0.1, 0.15) is 0 Å². The minimum Gasteiger partial charge on any atom is -0.497 e. The number of methoxy groups -OCH3 is 1. The van der Waals surface area contributed by atoms with Crippen LogP contribution in [0.15, 0.2) is 48.5 Å². The van der Waals surface area contributed by atoms with Gasteiger partial charge in [0, 0.05) is 5.69 Å². The predicted molar refractivity (Wildman–Crippen MR) is 82.6 cm³/mol. The van der Waals surface area contributed by atoms with Crippen LogP contribution in [0.2, 0.25) is 0 Å². The number of hydrogen-bond acceptors (Lipinski definition) is 2. The Balaban J connectivity index is 2.27. The van der Waals surface area contributed by atoms with Crippen LogP contribution in [-0.4, -0.2) is 17.9 Å². The molecule has 104 valence electrons. The third kappa shape index (κ3) is 3.65. The van der Waals surface area contributed by atoms with E-state index in [2.05, 4.69) is 5.32 Å². The lowest BCUT2D eigenvalue weighted by Gasteiger charge is -2.09. The van der Waals surface area contributed by atoms with Crippen LogP contribution in [0.5, 0.6) is 5.75 Å². The van der Waals surface area contributed by atoms with Gasteiger partial charge in [-0.25, -0.2) is 0 Å². The highest BCUT2D eigenvalue weighted by molar-refractivity contribution is 6.54. The summed E-state index contributed by atoms with van der Waals surface area (Å²) in [5.41, 5.74) is 2.60. The predicted octanol–water partition coefficient (Wildman–Crippen LogP) is 4.10. The Morgan fingerprint density at radius 1 is 1.10 bits per heavy atom. The molecule has 2 rings (SSSR count).